The van der Waals surface area contributed by atoms with Crippen LogP contribution in [-0.4, -0.2) is 24.8 Å². The summed E-state index contributed by atoms with van der Waals surface area (Å²) in [7, 11) is 0. The van der Waals surface area contributed by atoms with Gasteiger partial charge in [0.1, 0.15) is 5.70 Å². The first-order chi connectivity index (χ1) is 16.1. The van der Waals surface area contributed by atoms with Crippen molar-refractivity contribution in [2.24, 2.45) is 5.10 Å². The predicted octanol–water partition coefficient (Wildman–Crippen LogP) is 3.90. The van der Waals surface area contributed by atoms with E-state index in [0.29, 0.717) is 22.6 Å². The minimum atomic E-state index is -0.557. The van der Waals surface area contributed by atoms with Gasteiger partial charge in [-0.1, -0.05) is 55.5 Å². The Morgan fingerprint density at radius 2 is 1.67 bits per heavy atom. The van der Waals surface area contributed by atoms with Crippen molar-refractivity contribution in [2.45, 2.75) is 13.3 Å². The summed E-state index contributed by atoms with van der Waals surface area (Å²) < 4.78 is 10.7. The van der Waals surface area contributed by atoms with Crippen molar-refractivity contribution < 1.29 is 19.1 Å². The quantitative estimate of drug-likeness (QED) is 0.331. The number of amides is 2. The van der Waals surface area contributed by atoms with Crippen molar-refractivity contribution >= 4 is 24.1 Å². The number of rotatable bonds is 7. The van der Waals surface area contributed by atoms with Gasteiger partial charge in [-0.3, -0.25) is 9.59 Å². The Balaban J connectivity index is 1.53. The van der Waals surface area contributed by atoms with Crippen LogP contribution in [-0.2, 0) is 11.2 Å². The zero-order valence-corrected chi connectivity index (χ0v) is 18.1. The molecule has 2 N–H and O–H groups in total. The molecular weight excluding hydrogens is 418 g/mol. The highest BCUT2D eigenvalue weighted by atomic mass is 16.7. The highest BCUT2D eigenvalue weighted by molar-refractivity contribution is 6.05. The number of fused-ring (bicyclic) bond motifs is 1. The SMILES string of the molecule is CCc1ccc(/C=N/NC(=O)/C(=C\c2ccc3c(c2)OCO3)NC(=O)c2ccccc2)cc1. The monoisotopic (exact) mass is 441 g/mol. The smallest absolute Gasteiger partial charge is 0.287 e. The van der Waals surface area contributed by atoms with E-state index in [9.17, 15) is 9.59 Å². The molecule has 0 saturated heterocycles. The van der Waals surface area contributed by atoms with Crippen LogP contribution in [0.25, 0.3) is 6.08 Å². The lowest BCUT2D eigenvalue weighted by Gasteiger charge is -2.09. The Morgan fingerprint density at radius 1 is 0.939 bits per heavy atom. The Labute approximate surface area is 191 Å². The van der Waals surface area contributed by atoms with E-state index in [1.807, 2.05) is 30.3 Å². The van der Waals surface area contributed by atoms with Crippen LogP contribution in [0.3, 0.4) is 0 Å². The molecule has 0 spiro atoms. The summed E-state index contributed by atoms with van der Waals surface area (Å²) in [6.45, 7) is 2.23. The minimum Gasteiger partial charge on any atom is -0.454 e. The lowest BCUT2D eigenvalue weighted by Crippen LogP contribution is -2.32. The van der Waals surface area contributed by atoms with E-state index in [1.165, 1.54) is 5.56 Å². The Hall–Kier alpha value is -4.39. The Bertz CT molecular complexity index is 1200. The van der Waals surface area contributed by atoms with E-state index in [-0.39, 0.29) is 12.5 Å². The lowest BCUT2D eigenvalue weighted by atomic mass is 10.1. The number of carbonyl (C=O) groups is 2. The maximum atomic E-state index is 12.9. The van der Waals surface area contributed by atoms with Gasteiger partial charge in [0.05, 0.1) is 6.21 Å². The van der Waals surface area contributed by atoms with Gasteiger partial charge in [-0.05, 0) is 53.5 Å². The Morgan fingerprint density at radius 3 is 2.42 bits per heavy atom. The third-order valence-electron chi connectivity index (χ3n) is 5.00. The van der Waals surface area contributed by atoms with Gasteiger partial charge in [-0.2, -0.15) is 5.10 Å². The van der Waals surface area contributed by atoms with Crippen molar-refractivity contribution in [3.8, 4) is 11.5 Å². The van der Waals surface area contributed by atoms with Crippen LogP contribution in [0.5, 0.6) is 11.5 Å². The first-order valence-electron chi connectivity index (χ1n) is 10.5. The van der Waals surface area contributed by atoms with Crippen LogP contribution in [0.2, 0.25) is 0 Å². The first-order valence-corrected chi connectivity index (χ1v) is 10.5. The van der Waals surface area contributed by atoms with Crippen molar-refractivity contribution in [3.63, 3.8) is 0 Å². The molecule has 0 bridgehead atoms. The van der Waals surface area contributed by atoms with Crippen molar-refractivity contribution in [2.75, 3.05) is 6.79 Å². The van der Waals surface area contributed by atoms with Crippen LogP contribution in [0, 0.1) is 0 Å². The van der Waals surface area contributed by atoms with Crippen LogP contribution in [0.15, 0.2) is 83.6 Å². The number of nitrogens with zero attached hydrogens (tertiary/aromatic N) is 1. The summed E-state index contributed by atoms with van der Waals surface area (Å²) in [5.41, 5.74) is 5.68. The summed E-state index contributed by atoms with van der Waals surface area (Å²) in [5.74, 6) is 0.242. The third-order valence-corrected chi connectivity index (χ3v) is 5.00. The fraction of sp³-hybridized carbons (Fsp3) is 0.115. The number of hydrazone groups is 1. The van der Waals surface area contributed by atoms with E-state index in [0.717, 1.165) is 12.0 Å². The van der Waals surface area contributed by atoms with Gasteiger partial charge in [0.15, 0.2) is 11.5 Å². The van der Waals surface area contributed by atoms with Gasteiger partial charge < -0.3 is 14.8 Å². The van der Waals surface area contributed by atoms with Gasteiger partial charge in [0.2, 0.25) is 6.79 Å². The molecule has 2 amide bonds. The Kier molecular flexibility index (Phi) is 6.80. The molecule has 4 rings (SSSR count). The average Bonchev–Trinajstić information content (AvgIpc) is 3.32. The molecule has 7 heteroatoms. The van der Waals surface area contributed by atoms with E-state index < -0.39 is 11.8 Å². The number of benzene rings is 3. The van der Waals surface area contributed by atoms with Gasteiger partial charge in [-0.25, -0.2) is 5.43 Å². The number of hydrogen-bond donors (Lipinski definition) is 2. The zero-order valence-electron chi connectivity index (χ0n) is 18.1. The standard InChI is InChI=1S/C26H23N3O4/c1-2-18-8-10-19(11-9-18)16-27-29-26(31)22(28-25(30)21-6-4-3-5-7-21)14-20-12-13-23-24(15-20)33-17-32-23/h3-16H,2,17H2,1H3,(H,28,30)(H,29,31)/b22-14+,27-16+. The van der Waals surface area contributed by atoms with E-state index in [4.69, 9.17) is 9.47 Å². The van der Waals surface area contributed by atoms with E-state index in [2.05, 4.69) is 22.8 Å². The molecular formula is C26H23N3O4. The molecule has 7 nitrogen and oxygen atoms in total. The molecule has 33 heavy (non-hydrogen) atoms. The molecule has 1 aliphatic heterocycles. The molecule has 1 heterocycles. The fourth-order valence-corrected chi connectivity index (χ4v) is 3.18. The second-order valence-electron chi connectivity index (χ2n) is 7.29. The lowest BCUT2D eigenvalue weighted by molar-refractivity contribution is -0.117. The van der Waals surface area contributed by atoms with Crippen molar-refractivity contribution in [3.05, 3.63) is 101 Å². The largest absolute Gasteiger partial charge is 0.454 e. The van der Waals surface area contributed by atoms with Crippen molar-refractivity contribution in [1.29, 1.82) is 0 Å². The van der Waals surface area contributed by atoms with Crippen molar-refractivity contribution in [1.82, 2.24) is 10.7 Å². The van der Waals surface area contributed by atoms with Crippen LogP contribution in [0.1, 0.15) is 34.0 Å². The number of aryl methyl sites for hydroxylation is 1. The third kappa shape index (κ3) is 5.65. The molecule has 0 fully saturated rings. The molecule has 0 atom stereocenters. The normalized spacial score (nSPS) is 12.6. The van der Waals surface area contributed by atoms with Crippen LogP contribution < -0.4 is 20.2 Å². The molecule has 166 valence electrons. The van der Waals surface area contributed by atoms with Gasteiger partial charge in [-0.15, -0.1) is 0 Å². The second-order valence-corrected chi connectivity index (χ2v) is 7.29. The second kappa shape index (κ2) is 10.3. The molecule has 3 aromatic rings. The molecule has 0 radical (unpaired) electrons. The summed E-state index contributed by atoms with van der Waals surface area (Å²) in [6.07, 6.45) is 4.06. The van der Waals surface area contributed by atoms with E-state index in [1.54, 1.807) is 54.8 Å². The van der Waals surface area contributed by atoms with Gasteiger partial charge in [0, 0.05) is 5.56 Å². The van der Waals surface area contributed by atoms with Gasteiger partial charge in [0.25, 0.3) is 11.8 Å². The minimum absolute atomic E-state index is 0.0428. The predicted molar refractivity (Wildman–Crippen MR) is 126 cm³/mol. The molecule has 0 aliphatic carbocycles. The zero-order chi connectivity index (χ0) is 23.0. The number of hydrogen-bond acceptors (Lipinski definition) is 5. The molecule has 0 aromatic heterocycles. The number of carbonyl (C=O) groups excluding carboxylic acids is 2. The molecule has 1 aliphatic rings. The summed E-state index contributed by atoms with van der Waals surface area (Å²) in [5, 5.41) is 6.71. The highest BCUT2D eigenvalue weighted by Gasteiger charge is 2.16. The fourth-order valence-electron chi connectivity index (χ4n) is 3.18. The summed E-state index contributed by atoms with van der Waals surface area (Å²) in [4.78, 5) is 25.6. The maximum absolute atomic E-state index is 12.9. The summed E-state index contributed by atoms with van der Waals surface area (Å²) in [6, 6.07) is 21.8. The average molecular weight is 441 g/mol. The summed E-state index contributed by atoms with van der Waals surface area (Å²) >= 11 is 0. The molecule has 3 aromatic carbocycles. The number of nitrogens with one attached hydrogen (secondary N) is 2. The first kappa shape index (κ1) is 21.8. The molecule has 0 unspecified atom stereocenters. The van der Waals surface area contributed by atoms with Gasteiger partial charge >= 0.3 is 0 Å². The molecule has 0 saturated carbocycles. The van der Waals surface area contributed by atoms with E-state index >= 15 is 0 Å². The topological polar surface area (TPSA) is 89.0 Å². The number of ether oxygens (including phenoxy) is 2. The maximum Gasteiger partial charge on any atom is 0.287 e. The van der Waals surface area contributed by atoms with Crippen LogP contribution >= 0.6 is 0 Å². The van der Waals surface area contributed by atoms with Crippen LogP contribution in [0.4, 0.5) is 0 Å². The highest BCUT2D eigenvalue weighted by Crippen LogP contribution is 2.33.